The molecule has 0 fully saturated rings. The number of fused-ring (bicyclic) bond motifs is 6. The van der Waals surface area contributed by atoms with Gasteiger partial charge >= 0.3 is 0 Å². The predicted octanol–water partition coefficient (Wildman–Crippen LogP) is 7.51. The molecule has 0 radical (unpaired) electrons. The fourth-order valence-corrected chi connectivity index (χ4v) is 5.86. The van der Waals surface area contributed by atoms with Gasteiger partial charge in [-0.2, -0.15) is 0 Å². The molecule has 3 heterocycles. The molecule has 4 aromatic carbocycles. The number of para-hydroxylation sites is 1. The van der Waals surface area contributed by atoms with Gasteiger partial charge in [0.25, 0.3) is 12.0 Å². The zero-order chi connectivity index (χ0) is 31.1. The van der Waals surface area contributed by atoms with Crippen molar-refractivity contribution >= 4 is 59.7 Å². The number of furan rings is 1. The van der Waals surface area contributed by atoms with Gasteiger partial charge in [0.2, 0.25) is 15.9 Å². The second-order valence-electron chi connectivity index (χ2n) is 10.3. The minimum absolute atomic E-state index is 0.0562. The first-order chi connectivity index (χ1) is 20.9. The van der Waals surface area contributed by atoms with Gasteiger partial charge in [-0.15, -0.1) is 0 Å². The molecule has 0 aliphatic heterocycles. The van der Waals surface area contributed by atoms with Crippen LogP contribution in [0.5, 0.6) is 0 Å². The van der Waals surface area contributed by atoms with Gasteiger partial charge in [0.15, 0.2) is 11.4 Å². The second kappa shape index (κ2) is 9.67. The number of benzene rings is 4. The normalized spacial score (nSPS) is 12.3. The Hall–Kier alpha value is -5.17. The molecule has 3 aromatic heterocycles. The Kier molecular flexibility index (Phi) is 6.08. The van der Waals surface area contributed by atoms with E-state index < -0.39 is 39.2 Å². The van der Waals surface area contributed by atoms with Crippen LogP contribution in [0.3, 0.4) is 0 Å². The SMILES string of the molecule is CN(c1cc2oc3c4ccc(F)cc4[nH]c(=O)c3c2cc1-c1ccc(C(F)F)c(-c2nc3c(F)cccc3o2)c1)S(C)(=O)=O. The molecule has 0 aliphatic carbocycles. The van der Waals surface area contributed by atoms with Crippen LogP contribution < -0.4 is 9.86 Å². The Labute approximate surface area is 245 Å². The molecule has 44 heavy (non-hydrogen) atoms. The maximum absolute atomic E-state index is 14.4. The molecule has 0 amide bonds. The first-order valence-corrected chi connectivity index (χ1v) is 14.9. The average molecular weight is 622 g/mol. The summed E-state index contributed by atoms with van der Waals surface area (Å²) in [4.78, 5) is 20.0. The van der Waals surface area contributed by atoms with Crippen LogP contribution >= 0.6 is 0 Å². The molecular formula is C31H19F4N3O5S. The zero-order valence-electron chi connectivity index (χ0n) is 22.8. The van der Waals surface area contributed by atoms with E-state index in [-0.39, 0.29) is 61.4 Å². The van der Waals surface area contributed by atoms with Crippen LogP contribution in [0.15, 0.2) is 80.4 Å². The molecule has 0 atom stereocenters. The fourth-order valence-electron chi connectivity index (χ4n) is 5.35. The van der Waals surface area contributed by atoms with Gasteiger partial charge in [-0.1, -0.05) is 18.2 Å². The molecule has 13 heteroatoms. The van der Waals surface area contributed by atoms with E-state index >= 15 is 0 Å². The summed E-state index contributed by atoms with van der Waals surface area (Å²) in [5, 5.41) is 0.854. The lowest BCUT2D eigenvalue weighted by atomic mass is 9.96. The van der Waals surface area contributed by atoms with Gasteiger partial charge in [-0.25, -0.2) is 31.0 Å². The van der Waals surface area contributed by atoms with E-state index in [4.69, 9.17) is 8.83 Å². The summed E-state index contributed by atoms with van der Waals surface area (Å²) in [5.74, 6) is -1.51. The lowest BCUT2D eigenvalue weighted by Gasteiger charge is -2.21. The van der Waals surface area contributed by atoms with Crippen molar-refractivity contribution in [3.8, 4) is 22.6 Å². The van der Waals surface area contributed by atoms with Gasteiger partial charge in [0, 0.05) is 40.6 Å². The third-order valence-corrected chi connectivity index (χ3v) is 8.74. The molecule has 0 saturated carbocycles. The van der Waals surface area contributed by atoms with Crippen molar-refractivity contribution in [3.63, 3.8) is 0 Å². The first kappa shape index (κ1) is 27.7. The van der Waals surface area contributed by atoms with Crippen molar-refractivity contribution in [3.05, 3.63) is 94.3 Å². The highest BCUT2D eigenvalue weighted by atomic mass is 32.2. The lowest BCUT2D eigenvalue weighted by molar-refractivity contribution is 0.152. The molecular weight excluding hydrogens is 602 g/mol. The number of nitrogens with zero attached hydrogens (tertiary/aromatic N) is 2. The Morgan fingerprint density at radius 1 is 0.909 bits per heavy atom. The fraction of sp³-hybridized carbons (Fsp3) is 0.0968. The minimum atomic E-state index is -3.85. The van der Waals surface area contributed by atoms with Gasteiger partial charge in [-0.3, -0.25) is 9.10 Å². The monoisotopic (exact) mass is 621 g/mol. The molecule has 8 nitrogen and oxygen atoms in total. The van der Waals surface area contributed by atoms with Crippen LogP contribution in [0.25, 0.3) is 66.5 Å². The molecule has 0 saturated heterocycles. The Balaban J connectivity index is 1.54. The molecule has 1 N–H and O–H groups in total. The zero-order valence-corrected chi connectivity index (χ0v) is 23.6. The van der Waals surface area contributed by atoms with E-state index in [9.17, 15) is 30.8 Å². The van der Waals surface area contributed by atoms with E-state index in [0.717, 1.165) is 28.8 Å². The summed E-state index contributed by atoms with van der Waals surface area (Å²) < 4.78 is 94.7. The van der Waals surface area contributed by atoms with Crippen molar-refractivity contribution in [1.29, 1.82) is 0 Å². The number of halogens is 4. The van der Waals surface area contributed by atoms with Gasteiger partial charge in [0.05, 0.1) is 22.8 Å². The summed E-state index contributed by atoms with van der Waals surface area (Å²) in [6, 6.07) is 14.7. The van der Waals surface area contributed by atoms with Crippen molar-refractivity contribution in [2.24, 2.45) is 0 Å². The molecule has 222 valence electrons. The average Bonchev–Trinajstić information content (AvgIpc) is 3.58. The molecule has 0 spiro atoms. The van der Waals surface area contributed by atoms with Crippen LogP contribution in [0.2, 0.25) is 0 Å². The summed E-state index contributed by atoms with van der Waals surface area (Å²) in [7, 11) is -2.54. The van der Waals surface area contributed by atoms with Crippen LogP contribution in [0.4, 0.5) is 23.2 Å². The van der Waals surface area contributed by atoms with Crippen molar-refractivity contribution in [2.45, 2.75) is 6.43 Å². The number of nitrogens with one attached hydrogen (secondary N) is 1. The molecule has 0 bridgehead atoms. The number of pyridine rings is 1. The standard InChI is InChI=1S/C31H19F4N3O5S/c1-38(44(2,40)41)23-13-25-20(26-28(42-25)17-9-7-15(32)11-22(17)36-30(26)39)12-18(23)14-6-8-16(29(34)35)19(10-14)31-37-27-21(33)4-3-5-24(27)43-31/h3-13,29H,1-2H3,(H,36,39). The summed E-state index contributed by atoms with van der Waals surface area (Å²) >= 11 is 0. The number of oxazole rings is 1. The number of aromatic nitrogens is 2. The number of hydrogen-bond acceptors (Lipinski definition) is 6. The largest absolute Gasteiger partial charge is 0.455 e. The maximum Gasteiger partial charge on any atom is 0.264 e. The van der Waals surface area contributed by atoms with Crippen LogP contribution in [0.1, 0.15) is 12.0 Å². The van der Waals surface area contributed by atoms with E-state index in [1.165, 1.54) is 55.6 Å². The first-order valence-electron chi connectivity index (χ1n) is 13.0. The summed E-state index contributed by atoms with van der Waals surface area (Å²) in [5.41, 5.74) is -0.0701. The number of H-pyrrole nitrogens is 1. The highest BCUT2D eigenvalue weighted by molar-refractivity contribution is 7.92. The van der Waals surface area contributed by atoms with Crippen molar-refractivity contribution in [1.82, 2.24) is 9.97 Å². The van der Waals surface area contributed by atoms with Gasteiger partial charge in [-0.05, 0) is 48.0 Å². The highest BCUT2D eigenvalue weighted by Gasteiger charge is 2.25. The number of alkyl halides is 2. The maximum atomic E-state index is 14.4. The quantitative estimate of drug-likeness (QED) is 0.199. The third kappa shape index (κ3) is 4.30. The van der Waals surface area contributed by atoms with Crippen molar-refractivity contribution < 1.29 is 34.8 Å². The topological polar surface area (TPSA) is 109 Å². The third-order valence-electron chi connectivity index (χ3n) is 7.54. The number of hydrogen-bond donors (Lipinski definition) is 1. The number of rotatable bonds is 5. The molecule has 0 aliphatic rings. The lowest BCUT2D eigenvalue weighted by Crippen LogP contribution is -2.25. The molecule has 7 aromatic rings. The van der Waals surface area contributed by atoms with Crippen LogP contribution in [0, 0.1) is 11.6 Å². The van der Waals surface area contributed by atoms with Crippen LogP contribution in [-0.2, 0) is 10.0 Å². The molecule has 7 rings (SSSR count). The number of anilines is 1. The second-order valence-corrected chi connectivity index (χ2v) is 12.3. The number of aromatic amines is 1. The predicted molar refractivity (Wildman–Crippen MR) is 158 cm³/mol. The van der Waals surface area contributed by atoms with E-state index in [1.807, 2.05) is 0 Å². The Bertz CT molecular complexity index is 2480. The van der Waals surface area contributed by atoms with Gasteiger partial charge < -0.3 is 13.8 Å². The Morgan fingerprint density at radius 2 is 1.70 bits per heavy atom. The number of sulfonamides is 1. The Morgan fingerprint density at radius 3 is 2.43 bits per heavy atom. The summed E-state index contributed by atoms with van der Waals surface area (Å²) in [6.07, 6.45) is -1.96. The minimum Gasteiger partial charge on any atom is -0.455 e. The van der Waals surface area contributed by atoms with E-state index in [2.05, 4.69) is 9.97 Å². The van der Waals surface area contributed by atoms with E-state index in [0.29, 0.717) is 10.8 Å². The smallest absolute Gasteiger partial charge is 0.264 e. The van der Waals surface area contributed by atoms with E-state index in [1.54, 1.807) is 0 Å². The van der Waals surface area contributed by atoms with Crippen LogP contribution in [-0.4, -0.2) is 31.7 Å². The highest BCUT2D eigenvalue weighted by Crippen LogP contribution is 2.42. The summed E-state index contributed by atoms with van der Waals surface area (Å²) in [6.45, 7) is 0. The van der Waals surface area contributed by atoms with Gasteiger partial charge in [0.1, 0.15) is 22.5 Å². The molecule has 0 unspecified atom stereocenters. The van der Waals surface area contributed by atoms with Crippen molar-refractivity contribution in [2.75, 3.05) is 17.6 Å².